The van der Waals surface area contributed by atoms with Crippen LogP contribution in [0.2, 0.25) is 0 Å². The van der Waals surface area contributed by atoms with Gasteiger partial charge < -0.3 is 15.8 Å². The van der Waals surface area contributed by atoms with Crippen molar-refractivity contribution in [3.63, 3.8) is 0 Å². The molecule has 4 heteroatoms. The fourth-order valence-corrected chi connectivity index (χ4v) is 3.29. The molecule has 0 saturated heterocycles. The average Bonchev–Trinajstić information content (AvgIpc) is 2.83. The van der Waals surface area contributed by atoms with Crippen molar-refractivity contribution >= 4 is 5.91 Å². The van der Waals surface area contributed by atoms with Gasteiger partial charge in [0.1, 0.15) is 5.54 Å². The van der Waals surface area contributed by atoms with E-state index in [1.807, 2.05) is 0 Å². The molecule has 1 rings (SSSR count). The molecule has 1 aliphatic carbocycles. The van der Waals surface area contributed by atoms with Crippen LogP contribution in [0.4, 0.5) is 0 Å². The molecule has 0 spiro atoms. The Labute approximate surface area is 130 Å². The third-order valence-corrected chi connectivity index (χ3v) is 4.62. The number of amides is 1. The maximum absolute atomic E-state index is 11.8. The zero-order valence-electron chi connectivity index (χ0n) is 14.3. The molecule has 0 aromatic heterocycles. The van der Waals surface area contributed by atoms with E-state index in [0.29, 0.717) is 12.3 Å². The Hall–Kier alpha value is -0.610. The van der Waals surface area contributed by atoms with Crippen molar-refractivity contribution < 1.29 is 9.53 Å². The van der Waals surface area contributed by atoms with Gasteiger partial charge in [-0.1, -0.05) is 33.1 Å². The number of nitrogens with two attached hydrogens (primary N) is 1. The van der Waals surface area contributed by atoms with Crippen LogP contribution in [-0.2, 0) is 9.53 Å². The van der Waals surface area contributed by atoms with Gasteiger partial charge in [-0.05, 0) is 39.0 Å². The van der Waals surface area contributed by atoms with Gasteiger partial charge in [-0.15, -0.1) is 0 Å². The summed E-state index contributed by atoms with van der Waals surface area (Å²) in [5.74, 6) is 0.409. The molecule has 0 heterocycles. The number of primary amides is 1. The molecule has 0 radical (unpaired) electrons. The van der Waals surface area contributed by atoms with Crippen LogP contribution < -0.4 is 11.1 Å². The molecule has 4 nitrogen and oxygen atoms in total. The van der Waals surface area contributed by atoms with E-state index in [2.05, 4.69) is 33.0 Å². The van der Waals surface area contributed by atoms with Gasteiger partial charge in [0.2, 0.25) is 5.91 Å². The summed E-state index contributed by atoms with van der Waals surface area (Å²) in [6, 6.07) is 0.254. The van der Waals surface area contributed by atoms with Gasteiger partial charge in [0.05, 0.1) is 6.10 Å². The summed E-state index contributed by atoms with van der Waals surface area (Å²) in [5.41, 5.74) is 5.07. The SMILES string of the molecule is CCCCC(CC)COC1CCC(NC(C)C)(C(N)=O)C1. The lowest BCUT2D eigenvalue weighted by Crippen LogP contribution is -2.56. The van der Waals surface area contributed by atoms with E-state index >= 15 is 0 Å². The lowest BCUT2D eigenvalue weighted by Gasteiger charge is -2.29. The number of nitrogens with one attached hydrogen (secondary N) is 1. The molecular weight excluding hydrogens is 264 g/mol. The van der Waals surface area contributed by atoms with E-state index < -0.39 is 5.54 Å². The number of unbranched alkanes of at least 4 members (excludes halogenated alkanes) is 1. The minimum atomic E-state index is -0.566. The largest absolute Gasteiger partial charge is 0.378 e. The van der Waals surface area contributed by atoms with Crippen LogP contribution >= 0.6 is 0 Å². The summed E-state index contributed by atoms with van der Waals surface area (Å²) in [6.07, 6.45) is 7.51. The lowest BCUT2D eigenvalue weighted by atomic mass is 9.95. The third-order valence-electron chi connectivity index (χ3n) is 4.62. The number of ether oxygens (including phenoxy) is 1. The second-order valence-electron chi connectivity index (χ2n) is 6.86. The second-order valence-corrected chi connectivity index (χ2v) is 6.86. The van der Waals surface area contributed by atoms with Crippen molar-refractivity contribution in [1.82, 2.24) is 5.32 Å². The summed E-state index contributed by atoms with van der Waals surface area (Å²) >= 11 is 0. The van der Waals surface area contributed by atoms with E-state index in [1.54, 1.807) is 0 Å². The molecular formula is C17H34N2O2. The monoisotopic (exact) mass is 298 g/mol. The smallest absolute Gasteiger partial charge is 0.237 e. The summed E-state index contributed by atoms with van der Waals surface area (Å²) in [5, 5.41) is 3.37. The van der Waals surface area contributed by atoms with Gasteiger partial charge in [0, 0.05) is 19.1 Å². The fourth-order valence-electron chi connectivity index (χ4n) is 3.29. The second kappa shape index (κ2) is 8.74. The van der Waals surface area contributed by atoms with Gasteiger partial charge in [0.25, 0.3) is 0 Å². The Morgan fingerprint density at radius 3 is 2.67 bits per heavy atom. The zero-order chi connectivity index (χ0) is 15.9. The van der Waals surface area contributed by atoms with Crippen LogP contribution in [0.1, 0.15) is 72.6 Å². The van der Waals surface area contributed by atoms with Crippen LogP contribution in [0.15, 0.2) is 0 Å². The lowest BCUT2D eigenvalue weighted by molar-refractivity contribution is -0.125. The van der Waals surface area contributed by atoms with E-state index in [4.69, 9.17) is 10.5 Å². The quantitative estimate of drug-likeness (QED) is 0.651. The van der Waals surface area contributed by atoms with Gasteiger partial charge in [-0.2, -0.15) is 0 Å². The van der Waals surface area contributed by atoms with Crippen LogP contribution in [0.25, 0.3) is 0 Å². The first-order chi connectivity index (χ1) is 9.93. The molecule has 1 saturated carbocycles. The minimum Gasteiger partial charge on any atom is -0.378 e. The molecule has 0 aliphatic heterocycles. The van der Waals surface area contributed by atoms with E-state index in [9.17, 15) is 4.79 Å². The van der Waals surface area contributed by atoms with Crippen LogP contribution in [0.5, 0.6) is 0 Å². The Morgan fingerprint density at radius 2 is 2.14 bits per heavy atom. The molecule has 3 unspecified atom stereocenters. The fraction of sp³-hybridized carbons (Fsp3) is 0.941. The molecule has 0 bridgehead atoms. The van der Waals surface area contributed by atoms with Crippen molar-refractivity contribution in [2.24, 2.45) is 11.7 Å². The first kappa shape index (κ1) is 18.4. The minimum absolute atomic E-state index is 0.166. The molecule has 0 aromatic rings. The average molecular weight is 298 g/mol. The first-order valence-electron chi connectivity index (χ1n) is 8.62. The van der Waals surface area contributed by atoms with Crippen LogP contribution in [0.3, 0.4) is 0 Å². The van der Waals surface area contributed by atoms with Crippen molar-refractivity contribution in [3.05, 3.63) is 0 Å². The summed E-state index contributed by atoms with van der Waals surface area (Å²) in [4.78, 5) is 11.8. The van der Waals surface area contributed by atoms with Crippen molar-refractivity contribution in [3.8, 4) is 0 Å². The number of hydrogen-bond acceptors (Lipinski definition) is 3. The van der Waals surface area contributed by atoms with E-state index in [1.165, 1.54) is 19.3 Å². The number of carbonyl (C=O) groups excluding carboxylic acids is 1. The van der Waals surface area contributed by atoms with Gasteiger partial charge in [0.15, 0.2) is 0 Å². The number of carbonyl (C=O) groups is 1. The Morgan fingerprint density at radius 1 is 1.43 bits per heavy atom. The van der Waals surface area contributed by atoms with Crippen molar-refractivity contribution in [2.75, 3.05) is 6.61 Å². The predicted octanol–water partition coefficient (Wildman–Crippen LogP) is 2.99. The highest BCUT2D eigenvalue weighted by Crippen LogP contribution is 2.33. The Bertz CT molecular complexity index is 320. The van der Waals surface area contributed by atoms with Gasteiger partial charge in [-0.3, -0.25) is 4.79 Å². The van der Waals surface area contributed by atoms with Crippen molar-refractivity contribution in [2.45, 2.75) is 90.3 Å². The highest BCUT2D eigenvalue weighted by molar-refractivity contribution is 5.85. The maximum atomic E-state index is 11.8. The topological polar surface area (TPSA) is 64.3 Å². The van der Waals surface area contributed by atoms with E-state index in [-0.39, 0.29) is 18.1 Å². The molecule has 3 atom stereocenters. The highest BCUT2D eigenvalue weighted by atomic mass is 16.5. The molecule has 124 valence electrons. The standard InChI is InChI=1S/C17H34N2O2/c1-5-7-8-14(6-2)12-21-15-9-10-17(11-15,16(18)20)19-13(3)4/h13-15,19H,5-12H2,1-4H3,(H2,18,20). The summed E-state index contributed by atoms with van der Waals surface area (Å²) < 4.78 is 6.09. The molecule has 1 aliphatic rings. The van der Waals surface area contributed by atoms with Gasteiger partial charge >= 0.3 is 0 Å². The summed E-state index contributed by atoms with van der Waals surface area (Å²) in [6.45, 7) is 9.38. The third kappa shape index (κ3) is 5.59. The van der Waals surface area contributed by atoms with Crippen molar-refractivity contribution in [1.29, 1.82) is 0 Å². The molecule has 3 N–H and O–H groups in total. The van der Waals surface area contributed by atoms with Crippen LogP contribution in [0, 0.1) is 5.92 Å². The first-order valence-corrected chi connectivity index (χ1v) is 8.62. The maximum Gasteiger partial charge on any atom is 0.237 e. The summed E-state index contributed by atoms with van der Waals surface area (Å²) in [7, 11) is 0. The predicted molar refractivity (Wildman–Crippen MR) is 87.1 cm³/mol. The molecule has 1 amide bonds. The van der Waals surface area contributed by atoms with E-state index in [0.717, 1.165) is 25.9 Å². The Balaban J connectivity index is 2.46. The Kier molecular flexibility index (Phi) is 7.67. The number of rotatable bonds is 10. The zero-order valence-corrected chi connectivity index (χ0v) is 14.3. The van der Waals surface area contributed by atoms with Crippen LogP contribution in [-0.4, -0.2) is 30.2 Å². The van der Waals surface area contributed by atoms with Gasteiger partial charge in [-0.25, -0.2) is 0 Å². The number of hydrogen-bond donors (Lipinski definition) is 2. The normalized spacial score (nSPS) is 27.2. The molecule has 0 aromatic carbocycles. The molecule has 1 fully saturated rings. The highest BCUT2D eigenvalue weighted by Gasteiger charge is 2.44. The molecule has 21 heavy (non-hydrogen) atoms.